The lowest BCUT2D eigenvalue weighted by atomic mass is 9.95. The Balaban J connectivity index is 1.42. The molecule has 4 rings (SSSR count). The average molecular weight is 380 g/mol. The third kappa shape index (κ3) is 3.76. The largest absolute Gasteiger partial charge is 0.362 e. The number of amides is 2. The Bertz CT molecular complexity index is 929. The number of nitrogens with zero attached hydrogens (tertiary/aromatic N) is 3. The van der Waals surface area contributed by atoms with Crippen LogP contribution in [0.5, 0.6) is 0 Å². The third-order valence-corrected chi connectivity index (χ3v) is 5.25. The molecule has 0 bridgehead atoms. The van der Waals surface area contributed by atoms with E-state index in [1.54, 1.807) is 18.1 Å². The van der Waals surface area contributed by atoms with Gasteiger partial charge in [0.2, 0.25) is 5.91 Å². The van der Waals surface area contributed by atoms with Crippen LogP contribution < -0.4 is 5.32 Å². The van der Waals surface area contributed by atoms with Crippen LogP contribution in [0.1, 0.15) is 6.42 Å². The smallest absolute Gasteiger partial charge is 0.256 e. The fourth-order valence-electron chi connectivity index (χ4n) is 3.83. The number of fused-ring (bicyclic) bond motifs is 1. The lowest BCUT2D eigenvalue weighted by molar-refractivity contribution is -0.168. The number of nitrogens with one attached hydrogen (secondary N) is 1. The van der Waals surface area contributed by atoms with E-state index < -0.39 is 5.60 Å². The van der Waals surface area contributed by atoms with Crippen LogP contribution in [-0.2, 0) is 14.3 Å². The van der Waals surface area contributed by atoms with E-state index in [0.29, 0.717) is 32.7 Å². The standard InChI is InChI=1S/C21H24N4O3/c1-24-10-3-2-8-21(20(24)27)15-25(11-12-28-21)14-19(26)23-17-6-7-18-16(13-17)5-4-9-22-18/h2-7,9,13H,8,10-12,14-15H2,1H3,(H,23,26). The highest BCUT2D eigenvalue weighted by atomic mass is 16.5. The van der Waals surface area contributed by atoms with Gasteiger partial charge in [-0.2, -0.15) is 0 Å². The predicted molar refractivity (Wildman–Crippen MR) is 107 cm³/mol. The quantitative estimate of drug-likeness (QED) is 0.820. The molecule has 7 nitrogen and oxygen atoms in total. The number of benzene rings is 1. The average Bonchev–Trinajstić information content (AvgIpc) is 2.82. The summed E-state index contributed by atoms with van der Waals surface area (Å²) >= 11 is 0. The van der Waals surface area contributed by atoms with E-state index in [9.17, 15) is 9.59 Å². The van der Waals surface area contributed by atoms with Crippen molar-refractivity contribution in [3.63, 3.8) is 0 Å². The summed E-state index contributed by atoms with van der Waals surface area (Å²) in [7, 11) is 1.78. The summed E-state index contributed by atoms with van der Waals surface area (Å²) in [5.41, 5.74) is 0.732. The van der Waals surface area contributed by atoms with E-state index >= 15 is 0 Å². The summed E-state index contributed by atoms with van der Waals surface area (Å²) in [6.07, 6.45) is 6.26. The topological polar surface area (TPSA) is 74.8 Å². The number of morpholine rings is 1. The molecule has 1 fully saturated rings. The minimum absolute atomic E-state index is 0.0235. The molecule has 1 saturated heterocycles. The molecule has 1 unspecified atom stereocenters. The molecule has 0 radical (unpaired) electrons. The highest BCUT2D eigenvalue weighted by Gasteiger charge is 2.45. The number of carbonyl (C=O) groups excluding carboxylic acids is 2. The molecular formula is C21H24N4O3. The van der Waals surface area contributed by atoms with Crippen molar-refractivity contribution in [2.75, 3.05) is 45.2 Å². The first-order valence-electron chi connectivity index (χ1n) is 9.47. The zero-order valence-electron chi connectivity index (χ0n) is 15.9. The molecule has 1 atom stereocenters. The Kier molecular flexibility index (Phi) is 5.11. The molecule has 2 aromatic rings. The van der Waals surface area contributed by atoms with Crippen molar-refractivity contribution in [1.82, 2.24) is 14.8 Å². The van der Waals surface area contributed by atoms with Gasteiger partial charge in [-0.05, 0) is 24.3 Å². The van der Waals surface area contributed by atoms with Crippen molar-refractivity contribution in [2.24, 2.45) is 0 Å². The predicted octanol–water partition coefficient (Wildman–Crippen LogP) is 1.66. The molecule has 0 saturated carbocycles. The molecule has 1 aromatic carbocycles. The van der Waals surface area contributed by atoms with Crippen molar-refractivity contribution in [1.29, 1.82) is 0 Å². The minimum Gasteiger partial charge on any atom is -0.362 e. The van der Waals surface area contributed by atoms with E-state index in [2.05, 4.69) is 10.3 Å². The second-order valence-corrected chi connectivity index (χ2v) is 7.37. The normalized spacial score (nSPS) is 23.2. The maximum absolute atomic E-state index is 12.8. The van der Waals surface area contributed by atoms with Gasteiger partial charge in [-0.15, -0.1) is 0 Å². The number of hydrogen-bond acceptors (Lipinski definition) is 5. The number of hydrogen-bond donors (Lipinski definition) is 1. The van der Waals surface area contributed by atoms with Gasteiger partial charge in [-0.25, -0.2) is 0 Å². The van der Waals surface area contributed by atoms with Crippen LogP contribution in [-0.4, -0.2) is 72.0 Å². The molecule has 146 valence electrons. The Labute approximate surface area is 164 Å². The summed E-state index contributed by atoms with van der Waals surface area (Å²) in [6, 6.07) is 9.49. The molecule has 2 aliphatic heterocycles. The fourth-order valence-corrected chi connectivity index (χ4v) is 3.83. The van der Waals surface area contributed by atoms with Gasteiger partial charge in [0.25, 0.3) is 5.91 Å². The number of ether oxygens (including phenoxy) is 1. The summed E-state index contributed by atoms with van der Waals surface area (Å²) in [5.74, 6) is -0.130. The Hall–Kier alpha value is -2.77. The van der Waals surface area contributed by atoms with Gasteiger partial charge in [-0.3, -0.25) is 19.5 Å². The van der Waals surface area contributed by atoms with Crippen molar-refractivity contribution < 1.29 is 14.3 Å². The number of aromatic nitrogens is 1. The Morgan fingerprint density at radius 3 is 3.11 bits per heavy atom. The second kappa shape index (κ2) is 7.69. The van der Waals surface area contributed by atoms with Crippen LogP contribution in [0.15, 0.2) is 48.7 Å². The van der Waals surface area contributed by atoms with Crippen LogP contribution in [0.3, 0.4) is 0 Å². The van der Waals surface area contributed by atoms with Crippen molar-refractivity contribution in [3.8, 4) is 0 Å². The molecule has 0 aliphatic carbocycles. The molecule has 2 aliphatic rings. The summed E-state index contributed by atoms with van der Waals surface area (Å²) < 4.78 is 5.92. The zero-order chi connectivity index (χ0) is 19.6. The molecule has 1 N–H and O–H groups in total. The van der Waals surface area contributed by atoms with Gasteiger partial charge in [0.15, 0.2) is 5.60 Å². The second-order valence-electron chi connectivity index (χ2n) is 7.37. The first kappa shape index (κ1) is 18.6. The molecule has 7 heteroatoms. The van der Waals surface area contributed by atoms with E-state index in [4.69, 9.17) is 4.74 Å². The SMILES string of the molecule is CN1CC=CCC2(CN(CC(=O)Nc3ccc4ncccc4c3)CCO2)C1=O. The number of rotatable bonds is 3. The first-order chi connectivity index (χ1) is 13.6. The maximum atomic E-state index is 12.8. The summed E-state index contributed by atoms with van der Waals surface area (Å²) in [6.45, 7) is 2.27. The molecule has 1 aromatic heterocycles. The molecule has 2 amide bonds. The van der Waals surface area contributed by atoms with Gasteiger partial charge in [0.1, 0.15) is 0 Å². The third-order valence-electron chi connectivity index (χ3n) is 5.25. The van der Waals surface area contributed by atoms with Crippen LogP contribution in [0, 0.1) is 0 Å². The van der Waals surface area contributed by atoms with Crippen molar-refractivity contribution in [2.45, 2.75) is 12.0 Å². The number of pyridine rings is 1. The fraction of sp³-hybridized carbons (Fsp3) is 0.381. The van der Waals surface area contributed by atoms with Gasteiger partial charge < -0.3 is 15.0 Å². The number of anilines is 1. The lowest BCUT2D eigenvalue weighted by Crippen LogP contribution is -2.60. The van der Waals surface area contributed by atoms with Crippen molar-refractivity contribution in [3.05, 3.63) is 48.7 Å². The van der Waals surface area contributed by atoms with Gasteiger partial charge >= 0.3 is 0 Å². The van der Waals surface area contributed by atoms with E-state index in [-0.39, 0.29) is 18.4 Å². The Morgan fingerprint density at radius 2 is 2.21 bits per heavy atom. The summed E-state index contributed by atoms with van der Waals surface area (Å²) in [5, 5.41) is 3.92. The van der Waals surface area contributed by atoms with Crippen molar-refractivity contribution >= 4 is 28.4 Å². The first-order valence-corrected chi connectivity index (χ1v) is 9.47. The highest BCUT2D eigenvalue weighted by molar-refractivity contribution is 5.95. The van der Waals surface area contributed by atoms with Gasteiger partial charge in [0.05, 0.1) is 18.7 Å². The Morgan fingerprint density at radius 1 is 1.32 bits per heavy atom. The highest BCUT2D eigenvalue weighted by Crippen LogP contribution is 2.27. The summed E-state index contributed by atoms with van der Waals surface area (Å²) in [4.78, 5) is 33.3. The van der Waals surface area contributed by atoms with Crippen LogP contribution in [0.25, 0.3) is 10.9 Å². The molecule has 1 spiro atoms. The lowest BCUT2D eigenvalue weighted by Gasteiger charge is -2.41. The maximum Gasteiger partial charge on any atom is 0.256 e. The van der Waals surface area contributed by atoms with Gasteiger partial charge in [-0.1, -0.05) is 18.2 Å². The van der Waals surface area contributed by atoms with Gasteiger partial charge in [0, 0.05) is 50.4 Å². The van der Waals surface area contributed by atoms with E-state index in [0.717, 1.165) is 16.6 Å². The van der Waals surface area contributed by atoms with E-state index in [1.807, 2.05) is 47.4 Å². The zero-order valence-corrected chi connectivity index (χ0v) is 15.9. The molecule has 28 heavy (non-hydrogen) atoms. The van der Waals surface area contributed by atoms with Crippen LogP contribution >= 0.6 is 0 Å². The minimum atomic E-state index is -0.894. The monoisotopic (exact) mass is 380 g/mol. The van der Waals surface area contributed by atoms with Crippen LogP contribution in [0.2, 0.25) is 0 Å². The number of carbonyl (C=O) groups is 2. The molecule has 3 heterocycles. The van der Waals surface area contributed by atoms with Crippen LogP contribution in [0.4, 0.5) is 5.69 Å². The number of likely N-dealkylation sites (N-methyl/N-ethyl adjacent to an activating group) is 1. The molecular weight excluding hydrogens is 356 g/mol. The van der Waals surface area contributed by atoms with E-state index in [1.165, 1.54) is 0 Å².